The van der Waals surface area contributed by atoms with Crippen LogP contribution in [0, 0.1) is 16.7 Å². The molecule has 4 heteroatoms. The van der Waals surface area contributed by atoms with Crippen LogP contribution in [-0.2, 0) is 0 Å². The third-order valence-corrected chi connectivity index (χ3v) is 2.60. The molecule has 0 radical (unpaired) electrons. The summed E-state index contributed by atoms with van der Waals surface area (Å²) < 4.78 is 0. The van der Waals surface area contributed by atoms with E-state index in [1.165, 1.54) is 0 Å². The van der Waals surface area contributed by atoms with Crippen LogP contribution < -0.4 is 5.48 Å². The molecule has 2 unspecified atom stereocenters. The number of nitrogens with zero attached hydrogens (tertiary/aromatic N) is 1. The smallest absolute Gasteiger partial charge is 0.0839 e. The maximum Gasteiger partial charge on any atom is 0.0839 e. The predicted octanol–water partition coefficient (Wildman–Crippen LogP) is 1.54. The Bertz CT molecular complexity index is 139. The van der Waals surface area contributed by atoms with Crippen LogP contribution in [0.2, 0.25) is 0 Å². The van der Waals surface area contributed by atoms with Crippen LogP contribution in [-0.4, -0.2) is 18.3 Å². The van der Waals surface area contributed by atoms with Crippen LogP contribution in [0.1, 0.15) is 25.7 Å². The largest absolute Gasteiger partial charge is 0.317 e. The van der Waals surface area contributed by atoms with Gasteiger partial charge in [-0.2, -0.15) is 4.91 Å². The first-order valence-electron chi connectivity index (χ1n) is 4.53. The first kappa shape index (κ1) is 9.61. The summed E-state index contributed by atoms with van der Waals surface area (Å²) in [6, 6.07) is 0. The molecule has 0 spiro atoms. The Morgan fingerprint density at radius 2 is 2.17 bits per heavy atom. The van der Waals surface area contributed by atoms with Gasteiger partial charge in [0.25, 0.3) is 0 Å². The Labute approximate surface area is 72.3 Å². The fourth-order valence-electron chi connectivity index (χ4n) is 1.99. The van der Waals surface area contributed by atoms with E-state index < -0.39 is 0 Å². The number of nitroso groups, excluding NO2 is 1. The van der Waals surface area contributed by atoms with Gasteiger partial charge in [0.1, 0.15) is 0 Å². The maximum atomic E-state index is 10.0. The molecular formula is C8H16N2O2. The molecule has 1 aliphatic rings. The summed E-state index contributed by atoms with van der Waals surface area (Å²) in [4.78, 5) is 10.0. The first-order valence-corrected chi connectivity index (χ1v) is 4.53. The fourth-order valence-corrected chi connectivity index (χ4v) is 1.99. The number of hydrogen-bond acceptors (Lipinski definition) is 4. The minimum atomic E-state index is 0.446. The zero-order valence-corrected chi connectivity index (χ0v) is 7.20. The van der Waals surface area contributed by atoms with Crippen molar-refractivity contribution in [2.45, 2.75) is 25.7 Å². The minimum Gasteiger partial charge on any atom is -0.317 e. The molecule has 0 aliphatic heterocycles. The van der Waals surface area contributed by atoms with E-state index >= 15 is 0 Å². The summed E-state index contributed by atoms with van der Waals surface area (Å²) in [5, 5.41) is 11.4. The SMILES string of the molecule is O=NCC1CCCC(CNO)C1. The van der Waals surface area contributed by atoms with E-state index in [2.05, 4.69) is 10.7 Å². The fraction of sp³-hybridized carbons (Fsp3) is 1.00. The Morgan fingerprint density at radius 1 is 1.42 bits per heavy atom. The van der Waals surface area contributed by atoms with Crippen LogP contribution >= 0.6 is 0 Å². The van der Waals surface area contributed by atoms with Gasteiger partial charge in [-0.1, -0.05) is 11.6 Å². The summed E-state index contributed by atoms with van der Waals surface area (Å²) in [5.74, 6) is 0.977. The van der Waals surface area contributed by atoms with Crippen molar-refractivity contribution >= 4 is 0 Å². The third-order valence-electron chi connectivity index (χ3n) is 2.60. The minimum absolute atomic E-state index is 0.446. The van der Waals surface area contributed by atoms with Crippen LogP contribution in [0.4, 0.5) is 0 Å². The maximum absolute atomic E-state index is 10.0. The zero-order valence-electron chi connectivity index (χ0n) is 7.20. The van der Waals surface area contributed by atoms with Gasteiger partial charge in [-0.25, -0.2) is 5.48 Å². The van der Waals surface area contributed by atoms with Crippen molar-refractivity contribution in [1.82, 2.24) is 5.48 Å². The molecule has 1 fully saturated rings. The molecule has 0 bridgehead atoms. The van der Waals surface area contributed by atoms with E-state index in [4.69, 9.17) is 5.21 Å². The van der Waals surface area contributed by atoms with E-state index in [1.807, 2.05) is 0 Å². The molecule has 0 aromatic carbocycles. The summed E-state index contributed by atoms with van der Waals surface area (Å²) in [7, 11) is 0. The normalized spacial score (nSPS) is 30.1. The molecule has 0 amide bonds. The number of hydroxylamine groups is 1. The van der Waals surface area contributed by atoms with Crippen molar-refractivity contribution in [3.63, 3.8) is 0 Å². The van der Waals surface area contributed by atoms with Crippen LogP contribution in [0.3, 0.4) is 0 Å². The molecule has 0 aromatic heterocycles. The molecule has 0 aromatic rings. The third kappa shape index (κ3) is 2.87. The van der Waals surface area contributed by atoms with Crippen LogP contribution in [0.25, 0.3) is 0 Å². The molecule has 1 aliphatic carbocycles. The standard InChI is InChI=1S/C8H16N2O2/c11-9-5-7-2-1-3-8(4-7)6-10-12/h7-9,11H,1-6H2. The quantitative estimate of drug-likeness (QED) is 0.499. The summed E-state index contributed by atoms with van der Waals surface area (Å²) in [6.07, 6.45) is 4.46. The lowest BCUT2D eigenvalue weighted by Crippen LogP contribution is -2.26. The Morgan fingerprint density at radius 3 is 2.83 bits per heavy atom. The molecule has 2 atom stereocenters. The molecule has 12 heavy (non-hydrogen) atoms. The van der Waals surface area contributed by atoms with Gasteiger partial charge in [0, 0.05) is 6.54 Å². The number of nitrogens with one attached hydrogen (secondary N) is 1. The highest BCUT2D eigenvalue weighted by Gasteiger charge is 2.21. The molecule has 1 rings (SSSR count). The lowest BCUT2D eigenvalue weighted by Gasteiger charge is -2.26. The highest BCUT2D eigenvalue weighted by molar-refractivity contribution is 4.74. The average Bonchev–Trinajstić information content (AvgIpc) is 2.06. The predicted molar refractivity (Wildman–Crippen MR) is 45.9 cm³/mol. The molecule has 0 saturated heterocycles. The van der Waals surface area contributed by atoms with E-state index in [1.54, 1.807) is 0 Å². The lowest BCUT2D eigenvalue weighted by molar-refractivity contribution is 0.129. The Kier molecular flexibility index (Phi) is 4.18. The molecular weight excluding hydrogens is 156 g/mol. The van der Waals surface area contributed by atoms with E-state index in [0.29, 0.717) is 24.9 Å². The Hall–Kier alpha value is -0.480. The van der Waals surface area contributed by atoms with Gasteiger partial charge in [-0.3, -0.25) is 0 Å². The van der Waals surface area contributed by atoms with Gasteiger partial charge >= 0.3 is 0 Å². The highest BCUT2D eigenvalue weighted by atomic mass is 16.5. The van der Waals surface area contributed by atoms with E-state index in [0.717, 1.165) is 25.7 Å². The second kappa shape index (κ2) is 5.22. The van der Waals surface area contributed by atoms with Crippen molar-refractivity contribution in [2.75, 3.05) is 13.1 Å². The van der Waals surface area contributed by atoms with Gasteiger partial charge in [0.15, 0.2) is 0 Å². The van der Waals surface area contributed by atoms with Crippen molar-refractivity contribution in [1.29, 1.82) is 0 Å². The second-order valence-corrected chi connectivity index (χ2v) is 3.57. The van der Waals surface area contributed by atoms with Crippen molar-refractivity contribution < 1.29 is 5.21 Å². The van der Waals surface area contributed by atoms with Crippen LogP contribution in [0.5, 0.6) is 0 Å². The monoisotopic (exact) mass is 172 g/mol. The lowest BCUT2D eigenvalue weighted by atomic mass is 9.81. The number of hydrogen-bond donors (Lipinski definition) is 2. The first-order chi connectivity index (χ1) is 5.86. The van der Waals surface area contributed by atoms with Crippen LogP contribution in [0.15, 0.2) is 5.18 Å². The van der Waals surface area contributed by atoms with E-state index in [9.17, 15) is 4.91 Å². The molecule has 0 heterocycles. The van der Waals surface area contributed by atoms with Gasteiger partial charge in [-0.15, -0.1) is 0 Å². The topological polar surface area (TPSA) is 61.7 Å². The number of rotatable bonds is 4. The molecule has 4 nitrogen and oxygen atoms in total. The highest BCUT2D eigenvalue weighted by Crippen LogP contribution is 2.28. The summed E-state index contributed by atoms with van der Waals surface area (Å²) in [5.41, 5.74) is 2.19. The zero-order chi connectivity index (χ0) is 8.81. The second-order valence-electron chi connectivity index (χ2n) is 3.57. The van der Waals surface area contributed by atoms with Gasteiger partial charge in [0.05, 0.1) is 6.54 Å². The summed E-state index contributed by atoms with van der Waals surface area (Å²) in [6.45, 7) is 1.09. The van der Waals surface area contributed by atoms with E-state index in [-0.39, 0.29) is 0 Å². The Balaban J connectivity index is 2.24. The van der Waals surface area contributed by atoms with Crippen molar-refractivity contribution in [3.05, 3.63) is 4.91 Å². The molecule has 1 saturated carbocycles. The van der Waals surface area contributed by atoms with Gasteiger partial charge in [0.2, 0.25) is 0 Å². The molecule has 70 valence electrons. The van der Waals surface area contributed by atoms with Gasteiger partial charge in [-0.05, 0) is 31.1 Å². The summed E-state index contributed by atoms with van der Waals surface area (Å²) >= 11 is 0. The average molecular weight is 172 g/mol. The van der Waals surface area contributed by atoms with Crippen molar-refractivity contribution in [2.24, 2.45) is 17.0 Å². The molecule has 2 N–H and O–H groups in total. The van der Waals surface area contributed by atoms with Gasteiger partial charge < -0.3 is 5.21 Å². The van der Waals surface area contributed by atoms with Crippen molar-refractivity contribution in [3.8, 4) is 0 Å².